The Morgan fingerprint density at radius 3 is 1.85 bits per heavy atom. The van der Waals surface area contributed by atoms with E-state index in [4.69, 9.17) is 29.2 Å². The van der Waals surface area contributed by atoms with Gasteiger partial charge < -0.3 is 0 Å². The molecule has 0 saturated carbocycles. The van der Waals surface area contributed by atoms with Crippen molar-refractivity contribution < 1.29 is 42.1 Å². The molecule has 6 nitrogen and oxygen atoms in total. The van der Waals surface area contributed by atoms with Crippen LogP contribution in [0.4, 0.5) is 0 Å². The molecule has 2 aliphatic rings. The van der Waals surface area contributed by atoms with Crippen LogP contribution < -0.4 is 0 Å². The zero-order valence-corrected chi connectivity index (χ0v) is 16.6. The summed E-state index contributed by atoms with van der Waals surface area (Å²) in [5.74, 6) is 2.00. The van der Waals surface area contributed by atoms with Crippen molar-refractivity contribution in [3.8, 4) is 37.0 Å². The van der Waals surface area contributed by atoms with Crippen LogP contribution in [0, 0.1) is 37.0 Å². The molecule has 0 radical (unpaired) electrons. The molecule has 0 saturated heterocycles. The molecule has 0 aromatic heterocycles. The predicted molar refractivity (Wildman–Crippen MR) is 92.4 cm³/mol. The molecule has 2 aliphatic carbocycles. The maximum absolute atomic E-state index is 12.0. The third kappa shape index (κ3) is 3.72. The van der Waals surface area contributed by atoms with Gasteiger partial charge >= 0.3 is 163 Å². The van der Waals surface area contributed by atoms with E-state index in [-0.39, 0.29) is 0 Å². The van der Waals surface area contributed by atoms with E-state index in [0.717, 1.165) is 36.0 Å². The van der Waals surface area contributed by atoms with Crippen molar-refractivity contribution in [1.29, 1.82) is 0 Å². The molecule has 27 heavy (non-hydrogen) atoms. The Labute approximate surface area is 163 Å². The quantitative estimate of drug-likeness (QED) is 0.531. The fourth-order valence-corrected chi connectivity index (χ4v) is 7.86. The Morgan fingerprint density at radius 2 is 1.41 bits per heavy atom. The van der Waals surface area contributed by atoms with Crippen LogP contribution in [-0.2, 0) is 42.1 Å². The molecular formula is C20H18O6Ti. The molecule has 0 bridgehead atoms. The van der Waals surface area contributed by atoms with Crippen molar-refractivity contribution in [2.75, 3.05) is 0 Å². The van der Waals surface area contributed by atoms with Crippen molar-refractivity contribution in [1.82, 2.24) is 0 Å². The molecule has 0 heterocycles. The van der Waals surface area contributed by atoms with Crippen LogP contribution in [0.2, 0.25) is 3.72 Å². The van der Waals surface area contributed by atoms with E-state index >= 15 is 0 Å². The summed E-state index contributed by atoms with van der Waals surface area (Å²) in [7, 11) is 0. The molecule has 0 amide bonds. The molecule has 1 unspecified atom stereocenters. The summed E-state index contributed by atoms with van der Waals surface area (Å²) in [5.41, 5.74) is 2.90. The Kier molecular flexibility index (Phi) is 6.02. The van der Waals surface area contributed by atoms with Gasteiger partial charge in [0, 0.05) is 0 Å². The Hall–Kier alpha value is -2.72. The van der Waals surface area contributed by atoms with E-state index in [1.54, 1.807) is 30.8 Å². The molecule has 138 valence electrons. The van der Waals surface area contributed by atoms with E-state index in [1.165, 1.54) is 0 Å². The molecule has 7 heteroatoms. The van der Waals surface area contributed by atoms with Gasteiger partial charge in [-0.1, -0.05) is 0 Å². The van der Waals surface area contributed by atoms with Gasteiger partial charge in [0.15, 0.2) is 0 Å². The summed E-state index contributed by atoms with van der Waals surface area (Å²) >= 11 is -5.18. The third-order valence-corrected chi connectivity index (χ3v) is 9.56. The molecule has 0 aromatic carbocycles. The van der Waals surface area contributed by atoms with Gasteiger partial charge in [-0.05, 0) is 0 Å². The average Bonchev–Trinajstić information content (AvgIpc) is 2.93. The molecular weight excluding hydrogens is 384 g/mol. The minimum atomic E-state index is -5.18. The summed E-state index contributed by atoms with van der Waals surface area (Å²) in [6.45, 7) is 3.59. The third-order valence-electron chi connectivity index (χ3n) is 4.75. The molecule has 1 atom stereocenters. The Morgan fingerprint density at radius 1 is 0.963 bits per heavy atom. The summed E-state index contributed by atoms with van der Waals surface area (Å²) < 4.78 is 15.0. The van der Waals surface area contributed by atoms with Crippen molar-refractivity contribution in [2.24, 2.45) is 0 Å². The second-order valence-corrected chi connectivity index (χ2v) is 10.7. The van der Waals surface area contributed by atoms with Crippen molar-refractivity contribution in [3.05, 3.63) is 22.8 Å². The van der Waals surface area contributed by atoms with Gasteiger partial charge in [-0.15, -0.1) is 0 Å². The van der Waals surface area contributed by atoms with E-state index in [9.17, 15) is 14.4 Å². The van der Waals surface area contributed by atoms with Gasteiger partial charge in [0.05, 0.1) is 0 Å². The number of carbonyl (C=O) groups excluding carboxylic acids is 3. The van der Waals surface area contributed by atoms with Gasteiger partial charge in [0.2, 0.25) is 0 Å². The van der Waals surface area contributed by atoms with Crippen molar-refractivity contribution in [3.63, 3.8) is 0 Å². The second-order valence-electron chi connectivity index (χ2n) is 6.35. The summed E-state index contributed by atoms with van der Waals surface area (Å²) in [6, 6.07) is 0. The maximum atomic E-state index is 12.0. The zero-order chi connectivity index (χ0) is 20.2. The van der Waals surface area contributed by atoms with Crippen LogP contribution in [0.1, 0.15) is 39.5 Å². The van der Waals surface area contributed by atoms with Crippen LogP contribution in [-0.4, -0.2) is 17.9 Å². The molecule has 0 aromatic rings. The molecule has 0 aliphatic heterocycles. The van der Waals surface area contributed by atoms with E-state index in [1.807, 2.05) is 6.92 Å². The summed E-state index contributed by atoms with van der Waals surface area (Å²) in [4.78, 5) is 35.9. The van der Waals surface area contributed by atoms with Crippen LogP contribution in [0.5, 0.6) is 0 Å². The number of hydrogen-bond acceptors (Lipinski definition) is 6. The van der Waals surface area contributed by atoms with Gasteiger partial charge in [0.25, 0.3) is 0 Å². The van der Waals surface area contributed by atoms with Crippen LogP contribution >= 0.6 is 0 Å². The van der Waals surface area contributed by atoms with Crippen molar-refractivity contribution in [2.45, 2.75) is 43.3 Å². The number of terminal acetylenes is 3. The first kappa shape index (κ1) is 20.6. The number of allylic oxidation sites excluding steroid dienone is 4. The Balaban J connectivity index is 2.71. The minimum absolute atomic E-state index is 0.668. The number of hydrogen-bond donors (Lipinski definition) is 0. The SMILES string of the molecule is C#CC(=O)[O][Ti]([O]C(=O)C#C)([O]C(=O)C#C)[C]1(C)C=C(C)C2=C1CCCC2. The molecule has 2 rings (SSSR count). The zero-order valence-electron chi connectivity index (χ0n) is 15.1. The summed E-state index contributed by atoms with van der Waals surface area (Å²) in [5, 5.41) is 0. The second kappa shape index (κ2) is 7.89. The fourth-order valence-electron chi connectivity index (χ4n) is 3.63. The first-order valence-corrected chi connectivity index (χ1v) is 10.9. The number of carbonyl (C=O) groups is 3. The van der Waals surface area contributed by atoms with Crippen LogP contribution in [0.3, 0.4) is 0 Å². The van der Waals surface area contributed by atoms with Gasteiger partial charge in [0.1, 0.15) is 0 Å². The first-order chi connectivity index (χ1) is 12.7. The monoisotopic (exact) mass is 402 g/mol. The predicted octanol–water partition coefficient (Wildman–Crippen LogP) is 2.42. The first-order valence-electron chi connectivity index (χ1n) is 8.24. The van der Waals surface area contributed by atoms with Crippen molar-refractivity contribution >= 4 is 17.9 Å². The normalized spacial score (nSPS) is 20.9. The van der Waals surface area contributed by atoms with E-state index in [0.29, 0.717) is 6.42 Å². The summed E-state index contributed by atoms with van der Waals surface area (Å²) in [6.07, 6.45) is 20.5. The van der Waals surface area contributed by atoms with Gasteiger partial charge in [-0.2, -0.15) is 0 Å². The standard InChI is InChI=1S/C11H15.3C3H2O2.Ti/c1-8-7-9(2)11-6-4-3-5-10(8)11;3*1-2-3(4)5;/h7H,3-6H2,1-2H3;3*1H,(H,4,5);/q;;;;+3/p-3. The molecule has 0 fully saturated rings. The van der Waals surface area contributed by atoms with Gasteiger partial charge in [-0.3, -0.25) is 0 Å². The molecule has 0 N–H and O–H groups in total. The van der Waals surface area contributed by atoms with E-state index in [2.05, 4.69) is 0 Å². The van der Waals surface area contributed by atoms with E-state index < -0.39 is 39.4 Å². The Bertz CT molecular complexity index is 820. The van der Waals surface area contributed by atoms with Crippen LogP contribution in [0.15, 0.2) is 22.8 Å². The topological polar surface area (TPSA) is 78.9 Å². The van der Waals surface area contributed by atoms with Gasteiger partial charge in [-0.25, -0.2) is 0 Å². The average molecular weight is 402 g/mol. The van der Waals surface area contributed by atoms with Crippen LogP contribution in [0.25, 0.3) is 0 Å². The molecule has 0 spiro atoms. The fraction of sp³-hybridized carbons (Fsp3) is 0.350. The number of rotatable bonds is 4.